The van der Waals surface area contributed by atoms with Gasteiger partial charge in [0.05, 0.1) is 0 Å². The summed E-state index contributed by atoms with van der Waals surface area (Å²) in [6, 6.07) is 0.804. The average molecular weight is 197 g/mol. The van der Waals surface area contributed by atoms with E-state index in [1.165, 1.54) is 17.8 Å². The fraction of sp³-hybridized carbons (Fsp3) is 0.778. The van der Waals surface area contributed by atoms with E-state index >= 15 is 0 Å². The zero-order valence-corrected chi connectivity index (χ0v) is 8.73. The van der Waals surface area contributed by atoms with E-state index in [1.807, 2.05) is 0 Å². The van der Waals surface area contributed by atoms with Gasteiger partial charge in [-0.2, -0.15) is 0 Å². The van der Waals surface area contributed by atoms with Gasteiger partial charge in [0.25, 0.3) is 0 Å². The molecule has 1 heterocycles. The molecule has 13 heavy (non-hydrogen) atoms. The van der Waals surface area contributed by atoms with Gasteiger partial charge in [-0.1, -0.05) is 6.92 Å². The molecule has 0 amide bonds. The molecule has 1 aromatic heterocycles. The first-order valence-electron chi connectivity index (χ1n) is 4.93. The molecule has 1 N–H and O–H groups in total. The average Bonchev–Trinajstić information content (AvgIpc) is 2.84. The number of nitrogens with zero attached hydrogens (tertiary/aromatic N) is 2. The summed E-state index contributed by atoms with van der Waals surface area (Å²) in [5.74, 6) is 0. The maximum Gasteiger partial charge on any atom is 0.118 e. The molecule has 1 fully saturated rings. The van der Waals surface area contributed by atoms with Gasteiger partial charge in [-0.25, -0.2) is 0 Å². The smallest absolute Gasteiger partial charge is 0.118 e. The number of hydrogen-bond donors (Lipinski definition) is 1. The van der Waals surface area contributed by atoms with Crippen LogP contribution < -0.4 is 5.32 Å². The molecule has 1 saturated carbocycles. The minimum atomic E-state index is 0.804. The Kier molecular flexibility index (Phi) is 2.90. The van der Waals surface area contributed by atoms with E-state index in [2.05, 4.69) is 22.4 Å². The molecule has 0 radical (unpaired) electrons. The van der Waals surface area contributed by atoms with E-state index in [0.717, 1.165) is 30.4 Å². The molecule has 1 aliphatic rings. The summed E-state index contributed by atoms with van der Waals surface area (Å²) in [6.07, 6.45) is 4.76. The fourth-order valence-electron chi connectivity index (χ4n) is 1.20. The molecule has 0 aliphatic heterocycles. The van der Waals surface area contributed by atoms with Gasteiger partial charge in [0, 0.05) is 19.0 Å². The Bertz CT molecular complexity index is 268. The second-order valence-electron chi connectivity index (χ2n) is 3.42. The third kappa shape index (κ3) is 2.74. The molecule has 0 unspecified atom stereocenters. The van der Waals surface area contributed by atoms with Crippen molar-refractivity contribution >= 4 is 11.3 Å². The highest BCUT2D eigenvalue weighted by atomic mass is 32.1. The summed E-state index contributed by atoms with van der Waals surface area (Å²) in [7, 11) is 0. The van der Waals surface area contributed by atoms with Crippen LogP contribution in [0, 0.1) is 0 Å². The van der Waals surface area contributed by atoms with Gasteiger partial charge in [0.2, 0.25) is 0 Å². The van der Waals surface area contributed by atoms with Crippen molar-refractivity contribution in [3.05, 3.63) is 10.0 Å². The van der Waals surface area contributed by atoms with E-state index < -0.39 is 0 Å². The van der Waals surface area contributed by atoms with Crippen LogP contribution in [0.3, 0.4) is 0 Å². The van der Waals surface area contributed by atoms with Gasteiger partial charge >= 0.3 is 0 Å². The SMILES string of the molecule is CCc1nnc(CCNC2CC2)s1. The predicted molar refractivity (Wildman–Crippen MR) is 54.0 cm³/mol. The van der Waals surface area contributed by atoms with Crippen molar-refractivity contribution in [1.82, 2.24) is 15.5 Å². The zero-order chi connectivity index (χ0) is 9.10. The summed E-state index contributed by atoms with van der Waals surface area (Å²) in [5, 5.41) is 14.0. The lowest BCUT2D eigenvalue weighted by molar-refractivity contribution is 0.677. The highest BCUT2D eigenvalue weighted by Crippen LogP contribution is 2.18. The van der Waals surface area contributed by atoms with Crippen molar-refractivity contribution < 1.29 is 0 Å². The van der Waals surface area contributed by atoms with Crippen molar-refractivity contribution in [2.75, 3.05) is 6.54 Å². The molecule has 3 nitrogen and oxygen atoms in total. The van der Waals surface area contributed by atoms with Crippen LogP contribution in [0.25, 0.3) is 0 Å². The van der Waals surface area contributed by atoms with Crippen LogP contribution in [-0.2, 0) is 12.8 Å². The summed E-state index contributed by atoms with van der Waals surface area (Å²) < 4.78 is 0. The molecular weight excluding hydrogens is 182 g/mol. The maximum atomic E-state index is 4.13. The van der Waals surface area contributed by atoms with Gasteiger partial charge < -0.3 is 5.32 Å². The molecule has 0 bridgehead atoms. The Labute approximate surface area is 82.6 Å². The first-order chi connectivity index (χ1) is 6.38. The standard InChI is InChI=1S/C9H15N3S/c1-2-8-11-12-9(13-8)5-6-10-7-3-4-7/h7,10H,2-6H2,1H3. The van der Waals surface area contributed by atoms with Crippen LogP contribution in [0.1, 0.15) is 29.8 Å². The predicted octanol–water partition coefficient (Wildman–Crippen LogP) is 1.39. The maximum absolute atomic E-state index is 4.13. The lowest BCUT2D eigenvalue weighted by Crippen LogP contribution is -2.19. The monoisotopic (exact) mass is 197 g/mol. The lowest BCUT2D eigenvalue weighted by atomic mass is 10.4. The number of rotatable bonds is 5. The van der Waals surface area contributed by atoms with Crippen molar-refractivity contribution in [1.29, 1.82) is 0 Å². The van der Waals surface area contributed by atoms with E-state index in [-0.39, 0.29) is 0 Å². The van der Waals surface area contributed by atoms with Crippen molar-refractivity contribution in [2.24, 2.45) is 0 Å². The van der Waals surface area contributed by atoms with E-state index in [1.54, 1.807) is 11.3 Å². The number of nitrogens with one attached hydrogen (secondary N) is 1. The fourth-order valence-corrected chi connectivity index (χ4v) is 1.99. The summed E-state index contributed by atoms with van der Waals surface area (Å²) >= 11 is 1.74. The minimum absolute atomic E-state index is 0.804. The van der Waals surface area contributed by atoms with Crippen molar-refractivity contribution in [3.63, 3.8) is 0 Å². The summed E-state index contributed by atoms with van der Waals surface area (Å²) in [4.78, 5) is 0. The van der Waals surface area contributed by atoms with Gasteiger partial charge in [-0.05, 0) is 19.3 Å². The van der Waals surface area contributed by atoms with Crippen LogP contribution in [0.4, 0.5) is 0 Å². The van der Waals surface area contributed by atoms with E-state index in [4.69, 9.17) is 0 Å². The summed E-state index contributed by atoms with van der Waals surface area (Å²) in [5.41, 5.74) is 0. The van der Waals surface area contributed by atoms with Gasteiger partial charge in [-0.3, -0.25) is 0 Å². The van der Waals surface area contributed by atoms with Crippen LogP contribution >= 0.6 is 11.3 Å². The zero-order valence-electron chi connectivity index (χ0n) is 7.92. The Morgan fingerprint density at radius 1 is 1.38 bits per heavy atom. The molecule has 2 rings (SSSR count). The minimum Gasteiger partial charge on any atom is -0.314 e. The molecule has 4 heteroatoms. The van der Waals surface area contributed by atoms with Crippen LogP contribution in [-0.4, -0.2) is 22.8 Å². The molecule has 0 saturated heterocycles. The third-order valence-electron chi connectivity index (χ3n) is 2.16. The van der Waals surface area contributed by atoms with E-state index in [9.17, 15) is 0 Å². The normalized spacial score (nSPS) is 16.4. The first-order valence-corrected chi connectivity index (χ1v) is 5.74. The Balaban J connectivity index is 1.72. The highest BCUT2D eigenvalue weighted by molar-refractivity contribution is 7.11. The largest absolute Gasteiger partial charge is 0.314 e. The Morgan fingerprint density at radius 2 is 2.15 bits per heavy atom. The van der Waals surface area contributed by atoms with Crippen LogP contribution in [0.5, 0.6) is 0 Å². The summed E-state index contributed by atoms with van der Waals surface area (Å²) in [6.45, 7) is 3.18. The van der Waals surface area contributed by atoms with Gasteiger partial charge in [-0.15, -0.1) is 21.5 Å². The molecule has 0 spiro atoms. The second-order valence-corrected chi connectivity index (χ2v) is 4.57. The van der Waals surface area contributed by atoms with Gasteiger partial charge in [0.1, 0.15) is 10.0 Å². The molecular formula is C9H15N3S. The molecule has 0 aromatic carbocycles. The third-order valence-corrected chi connectivity index (χ3v) is 3.29. The molecule has 0 atom stereocenters. The number of aryl methyl sites for hydroxylation is 1. The lowest BCUT2D eigenvalue weighted by Gasteiger charge is -1.97. The second kappa shape index (κ2) is 4.15. The quantitative estimate of drug-likeness (QED) is 0.775. The molecule has 1 aromatic rings. The Hall–Kier alpha value is -0.480. The van der Waals surface area contributed by atoms with Crippen LogP contribution in [0.2, 0.25) is 0 Å². The highest BCUT2D eigenvalue weighted by Gasteiger charge is 2.19. The molecule has 72 valence electrons. The van der Waals surface area contributed by atoms with Crippen molar-refractivity contribution in [2.45, 2.75) is 38.6 Å². The Morgan fingerprint density at radius 3 is 2.77 bits per heavy atom. The number of aromatic nitrogens is 2. The topological polar surface area (TPSA) is 37.8 Å². The number of hydrogen-bond acceptors (Lipinski definition) is 4. The van der Waals surface area contributed by atoms with E-state index in [0.29, 0.717) is 0 Å². The van der Waals surface area contributed by atoms with Gasteiger partial charge in [0.15, 0.2) is 0 Å². The van der Waals surface area contributed by atoms with Crippen molar-refractivity contribution in [3.8, 4) is 0 Å². The first kappa shape index (κ1) is 9.09. The molecule has 1 aliphatic carbocycles. The van der Waals surface area contributed by atoms with Crippen LogP contribution in [0.15, 0.2) is 0 Å².